The number of nitrogens with one attached hydrogen (secondary N) is 2. The highest BCUT2D eigenvalue weighted by molar-refractivity contribution is 5.97. The van der Waals surface area contributed by atoms with E-state index in [-0.39, 0.29) is 18.4 Å². The molecular weight excluding hydrogens is 461 g/mol. The van der Waals surface area contributed by atoms with Gasteiger partial charge in [-0.25, -0.2) is 14.4 Å². The number of aromatic nitrogens is 5. The summed E-state index contributed by atoms with van der Waals surface area (Å²) in [5, 5.41) is 25.3. The number of anilines is 1. The second-order valence-electron chi connectivity index (χ2n) is 8.84. The smallest absolute Gasteiger partial charge is 0.231 e. The Morgan fingerprint density at radius 1 is 1.36 bits per heavy atom. The molecule has 3 N–H and O–H groups in total. The number of carbonyl (C=O) groups excluding carboxylic acids is 1. The molecule has 1 aliphatic heterocycles. The van der Waals surface area contributed by atoms with Gasteiger partial charge in [-0.1, -0.05) is 26.8 Å². The van der Waals surface area contributed by atoms with Crippen LogP contribution in [-0.2, 0) is 11.8 Å². The Morgan fingerprint density at radius 3 is 2.72 bits per heavy atom. The molecule has 3 aromatic rings. The Morgan fingerprint density at radius 2 is 2.11 bits per heavy atom. The number of dihydropyridines is 1. The van der Waals surface area contributed by atoms with Crippen LogP contribution in [0.15, 0.2) is 42.5 Å². The average molecular weight is 494 g/mol. The van der Waals surface area contributed by atoms with Gasteiger partial charge in [0, 0.05) is 42.0 Å². The number of alkyl halides is 1. The van der Waals surface area contributed by atoms with Crippen molar-refractivity contribution in [3.63, 3.8) is 0 Å². The predicted molar refractivity (Wildman–Crippen MR) is 137 cm³/mol. The topological polar surface area (TPSA) is 118 Å². The Labute approximate surface area is 209 Å². The highest BCUT2D eigenvalue weighted by Crippen LogP contribution is 2.36. The van der Waals surface area contributed by atoms with Gasteiger partial charge < -0.3 is 20.3 Å². The van der Waals surface area contributed by atoms with E-state index in [0.717, 1.165) is 22.1 Å². The number of hydrogen-bond acceptors (Lipinski definition) is 7. The zero-order chi connectivity index (χ0) is 26.0. The molecule has 4 unspecified atom stereocenters. The first-order valence-electron chi connectivity index (χ1n) is 12.3. The predicted octanol–water partition coefficient (Wildman–Crippen LogP) is 3.78. The molecule has 0 spiro atoms. The molecule has 9 nitrogen and oxygen atoms in total. The van der Waals surface area contributed by atoms with E-state index in [1.54, 1.807) is 23.2 Å². The SMILES string of the molecule is CC.CCC(O)C1C=C(C)C(c2cc3cnc(NC(=O)C4CC4F)cc3nc2-c2nncn2C)=CN1. The summed E-state index contributed by atoms with van der Waals surface area (Å²) in [7, 11) is 1.84. The number of aliphatic hydroxyl groups excluding tert-OH is 1. The highest BCUT2D eigenvalue weighted by atomic mass is 19.1. The van der Waals surface area contributed by atoms with Gasteiger partial charge in [0.2, 0.25) is 5.91 Å². The maximum atomic E-state index is 13.2. The monoisotopic (exact) mass is 493 g/mol. The highest BCUT2D eigenvalue weighted by Gasteiger charge is 2.43. The normalized spacial score (nSPS) is 21.5. The van der Waals surface area contributed by atoms with Gasteiger partial charge in [-0.05, 0) is 31.4 Å². The number of carbonyl (C=O) groups is 1. The fourth-order valence-corrected chi connectivity index (χ4v) is 4.13. The van der Waals surface area contributed by atoms with Gasteiger partial charge in [0.25, 0.3) is 0 Å². The van der Waals surface area contributed by atoms with Crippen molar-refractivity contribution in [1.29, 1.82) is 0 Å². The molecule has 190 valence electrons. The van der Waals surface area contributed by atoms with Crippen LogP contribution in [0, 0.1) is 5.92 Å². The van der Waals surface area contributed by atoms with Crippen LogP contribution < -0.4 is 10.6 Å². The maximum absolute atomic E-state index is 13.2. The molecule has 0 radical (unpaired) electrons. The minimum Gasteiger partial charge on any atom is -0.391 e. The zero-order valence-corrected chi connectivity index (χ0v) is 21.2. The second kappa shape index (κ2) is 10.5. The Balaban J connectivity index is 0.00000148. The van der Waals surface area contributed by atoms with Gasteiger partial charge in [0.15, 0.2) is 5.82 Å². The van der Waals surface area contributed by atoms with Crippen molar-refractivity contribution in [2.45, 2.75) is 58.9 Å². The van der Waals surface area contributed by atoms with Crippen LogP contribution in [0.25, 0.3) is 28.0 Å². The number of fused-ring (bicyclic) bond motifs is 1. The van der Waals surface area contributed by atoms with E-state index in [2.05, 4.69) is 25.8 Å². The molecule has 2 aliphatic rings. The second-order valence-corrected chi connectivity index (χ2v) is 8.84. The number of rotatable bonds is 6. The van der Waals surface area contributed by atoms with Crippen molar-refractivity contribution >= 4 is 28.2 Å². The van der Waals surface area contributed by atoms with Gasteiger partial charge in [0.05, 0.1) is 23.6 Å². The van der Waals surface area contributed by atoms with Crippen LogP contribution in [-0.4, -0.2) is 54.1 Å². The molecule has 1 fully saturated rings. The quantitative estimate of drug-likeness (QED) is 0.478. The number of hydrogen-bond donors (Lipinski definition) is 3. The first-order valence-corrected chi connectivity index (χ1v) is 12.3. The molecule has 3 aromatic heterocycles. The summed E-state index contributed by atoms with van der Waals surface area (Å²) in [4.78, 5) is 21.3. The van der Waals surface area contributed by atoms with E-state index in [4.69, 9.17) is 4.98 Å². The number of amides is 1. The number of halogens is 1. The zero-order valence-electron chi connectivity index (χ0n) is 21.2. The van der Waals surface area contributed by atoms with Crippen LogP contribution in [0.1, 0.15) is 46.1 Å². The molecule has 10 heteroatoms. The van der Waals surface area contributed by atoms with Crippen LogP contribution in [0.3, 0.4) is 0 Å². The Kier molecular flexibility index (Phi) is 7.44. The van der Waals surface area contributed by atoms with Gasteiger partial charge >= 0.3 is 0 Å². The number of aryl methyl sites for hydroxylation is 1. The first-order chi connectivity index (χ1) is 17.4. The molecule has 36 heavy (non-hydrogen) atoms. The molecule has 1 saturated carbocycles. The molecule has 5 rings (SSSR count). The lowest BCUT2D eigenvalue weighted by Gasteiger charge is -2.26. The van der Waals surface area contributed by atoms with E-state index in [0.29, 0.717) is 29.3 Å². The largest absolute Gasteiger partial charge is 0.391 e. The summed E-state index contributed by atoms with van der Waals surface area (Å²) in [6.07, 6.45) is 6.50. The van der Waals surface area contributed by atoms with E-state index in [1.807, 2.05) is 53.1 Å². The lowest BCUT2D eigenvalue weighted by atomic mass is 9.92. The lowest BCUT2D eigenvalue weighted by Crippen LogP contribution is -2.37. The summed E-state index contributed by atoms with van der Waals surface area (Å²) in [6.45, 7) is 7.94. The fraction of sp³-hybridized carbons (Fsp3) is 0.423. The third-order valence-electron chi connectivity index (χ3n) is 6.32. The van der Waals surface area contributed by atoms with Crippen molar-refractivity contribution < 1.29 is 14.3 Å². The minimum absolute atomic E-state index is 0.163. The third kappa shape index (κ3) is 4.99. The van der Waals surface area contributed by atoms with E-state index < -0.39 is 18.2 Å². The average Bonchev–Trinajstić information content (AvgIpc) is 3.48. The van der Waals surface area contributed by atoms with Crippen molar-refractivity contribution in [3.8, 4) is 11.5 Å². The van der Waals surface area contributed by atoms with E-state index in [1.165, 1.54) is 0 Å². The van der Waals surface area contributed by atoms with Crippen molar-refractivity contribution in [3.05, 3.63) is 48.1 Å². The van der Waals surface area contributed by atoms with Gasteiger partial charge in [-0.15, -0.1) is 10.2 Å². The molecule has 4 heterocycles. The molecule has 1 aliphatic carbocycles. The third-order valence-corrected chi connectivity index (χ3v) is 6.32. The first kappa shape index (κ1) is 25.4. The molecular formula is C26H32FN7O2. The van der Waals surface area contributed by atoms with Crippen LogP contribution in [0.2, 0.25) is 0 Å². The summed E-state index contributed by atoms with van der Waals surface area (Å²) in [5.41, 5.74) is 4.00. The fourth-order valence-electron chi connectivity index (χ4n) is 4.13. The van der Waals surface area contributed by atoms with E-state index >= 15 is 0 Å². The lowest BCUT2D eigenvalue weighted by molar-refractivity contribution is -0.117. The summed E-state index contributed by atoms with van der Waals surface area (Å²) in [5.74, 6) is -0.0566. The standard InChI is InChI=1S/C24H26FN7O2.C2H6/c1-4-20(33)19-5-12(2)16(10-26-19)14-6-13-9-27-21(30-24(34)15-7-17(15)25)8-18(13)29-22(14)23-31-28-11-32(23)3;1-2/h5-6,8-11,15,17,19-20,26,33H,4,7H2,1-3H3,(H,27,30,34);1-2H3. The van der Waals surface area contributed by atoms with Gasteiger partial charge in [0.1, 0.15) is 24.0 Å². The number of aliphatic hydroxyl groups is 1. The molecule has 0 aromatic carbocycles. The number of nitrogens with zero attached hydrogens (tertiary/aromatic N) is 5. The van der Waals surface area contributed by atoms with Gasteiger partial charge in [-0.3, -0.25) is 4.79 Å². The summed E-state index contributed by atoms with van der Waals surface area (Å²) >= 11 is 0. The molecule has 1 amide bonds. The van der Waals surface area contributed by atoms with Crippen LogP contribution in [0.5, 0.6) is 0 Å². The van der Waals surface area contributed by atoms with Crippen LogP contribution >= 0.6 is 0 Å². The molecule has 0 saturated heterocycles. The summed E-state index contributed by atoms with van der Waals surface area (Å²) < 4.78 is 15.0. The van der Waals surface area contributed by atoms with Crippen molar-refractivity contribution in [2.75, 3.05) is 5.32 Å². The van der Waals surface area contributed by atoms with Crippen molar-refractivity contribution in [1.82, 2.24) is 30.0 Å². The van der Waals surface area contributed by atoms with Gasteiger partial charge in [-0.2, -0.15) is 0 Å². The van der Waals surface area contributed by atoms with Crippen LogP contribution in [0.4, 0.5) is 10.2 Å². The molecule has 0 bridgehead atoms. The van der Waals surface area contributed by atoms with E-state index in [9.17, 15) is 14.3 Å². The Hall–Kier alpha value is -3.66. The number of pyridine rings is 2. The molecule has 4 atom stereocenters. The Bertz CT molecular complexity index is 1330. The number of allylic oxidation sites excluding steroid dienone is 2. The maximum Gasteiger partial charge on any atom is 0.231 e. The minimum atomic E-state index is -1.07. The summed E-state index contributed by atoms with van der Waals surface area (Å²) in [6, 6.07) is 3.49. The van der Waals surface area contributed by atoms with Crippen molar-refractivity contribution in [2.24, 2.45) is 13.0 Å².